The van der Waals surface area contributed by atoms with E-state index in [4.69, 9.17) is 10.7 Å². The molecule has 1 aromatic rings. The lowest BCUT2D eigenvalue weighted by Crippen LogP contribution is -2.38. The number of hydrogen-bond donors (Lipinski definition) is 1. The van der Waals surface area contributed by atoms with Crippen LogP contribution in [0.2, 0.25) is 0 Å². The Kier molecular flexibility index (Phi) is 3.34. The maximum absolute atomic E-state index is 6.37. The Hall–Kier alpha value is -1.15. The third-order valence-corrected chi connectivity index (χ3v) is 3.51. The highest BCUT2D eigenvalue weighted by Gasteiger charge is 2.40. The van der Waals surface area contributed by atoms with Gasteiger partial charge in [-0.25, -0.2) is 0 Å². The van der Waals surface area contributed by atoms with Crippen LogP contribution in [0.15, 0.2) is 6.07 Å². The minimum absolute atomic E-state index is 0.0783. The van der Waals surface area contributed by atoms with E-state index < -0.39 is 0 Å². The number of aromatic nitrogens is 1. The molecule has 1 aliphatic carbocycles. The molecular weight excluding hydrogens is 208 g/mol. The molecule has 92 valence electrons. The summed E-state index contributed by atoms with van der Waals surface area (Å²) in [6.45, 7) is 6.37. The van der Waals surface area contributed by atoms with Crippen molar-refractivity contribution in [3.05, 3.63) is 27.9 Å². The first-order valence-electron chi connectivity index (χ1n) is 6.60. The minimum atomic E-state index is -0.0783. The number of aryl methyl sites for hydroxylation is 1. The van der Waals surface area contributed by atoms with E-state index in [-0.39, 0.29) is 5.54 Å². The second kappa shape index (κ2) is 4.61. The number of nitrogens with two attached hydrogens (primary N) is 1. The Labute approximate surface area is 103 Å². The zero-order valence-electron chi connectivity index (χ0n) is 11.1. The van der Waals surface area contributed by atoms with Crippen LogP contribution in [-0.4, -0.2) is 4.98 Å². The lowest BCUT2D eigenvalue weighted by atomic mass is 10.0. The van der Waals surface area contributed by atoms with Crippen molar-refractivity contribution < 1.29 is 0 Å². The highest BCUT2D eigenvalue weighted by Crippen LogP contribution is 2.40. The molecule has 2 N–H and O–H groups in total. The molecule has 1 heterocycles. The predicted molar refractivity (Wildman–Crippen MR) is 72.9 cm³/mol. The maximum atomic E-state index is 6.37. The molecule has 0 atom stereocenters. The van der Waals surface area contributed by atoms with Gasteiger partial charge in [-0.15, -0.1) is 0 Å². The van der Waals surface area contributed by atoms with Crippen LogP contribution in [0.1, 0.15) is 51.3 Å². The van der Waals surface area contributed by atoms with Crippen molar-refractivity contribution in [2.75, 3.05) is 0 Å². The van der Waals surface area contributed by atoms with E-state index in [1.54, 1.807) is 0 Å². The van der Waals surface area contributed by atoms with Crippen LogP contribution in [0, 0.1) is 0 Å². The van der Waals surface area contributed by atoms with E-state index in [1.165, 1.54) is 10.8 Å². The highest BCUT2D eigenvalue weighted by atomic mass is 14.8. The first kappa shape index (κ1) is 12.3. The van der Waals surface area contributed by atoms with Crippen LogP contribution in [0.5, 0.6) is 0 Å². The molecule has 0 bridgehead atoms. The molecule has 0 saturated heterocycles. The summed E-state index contributed by atoms with van der Waals surface area (Å²) in [4.78, 5) is 4.71. The summed E-state index contributed by atoms with van der Waals surface area (Å²) < 4.78 is 0. The molecular formula is C15H22N2. The summed E-state index contributed by atoms with van der Waals surface area (Å²) in [5.41, 5.74) is 8.75. The van der Waals surface area contributed by atoms with E-state index in [9.17, 15) is 0 Å². The molecule has 0 aromatic carbocycles. The molecule has 17 heavy (non-hydrogen) atoms. The first-order chi connectivity index (χ1) is 8.14. The second-order valence-electron chi connectivity index (χ2n) is 4.87. The maximum Gasteiger partial charge on any atom is 0.0665 e. The normalized spacial score (nSPS) is 19.8. The number of pyridine rings is 1. The van der Waals surface area contributed by atoms with Crippen molar-refractivity contribution in [3.8, 4) is 0 Å². The van der Waals surface area contributed by atoms with E-state index in [0.717, 1.165) is 36.7 Å². The van der Waals surface area contributed by atoms with E-state index in [0.29, 0.717) is 0 Å². The van der Waals surface area contributed by atoms with Gasteiger partial charge in [-0.3, -0.25) is 4.98 Å². The minimum Gasteiger partial charge on any atom is -0.321 e. The number of rotatable bonds is 3. The summed E-state index contributed by atoms with van der Waals surface area (Å²) in [5, 5.41) is 2.35. The lowest BCUT2D eigenvalue weighted by molar-refractivity contribution is 0.724. The van der Waals surface area contributed by atoms with Crippen molar-refractivity contribution in [1.82, 2.24) is 4.98 Å². The van der Waals surface area contributed by atoms with Gasteiger partial charge >= 0.3 is 0 Å². The smallest absolute Gasteiger partial charge is 0.0665 e. The van der Waals surface area contributed by atoms with Crippen molar-refractivity contribution >= 4 is 12.2 Å². The molecule has 2 heteroatoms. The van der Waals surface area contributed by atoms with Gasteiger partial charge < -0.3 is 5.73 Å². The lowest BCUT2D eigenvalue weighted by Gasteiger charge is -2.12. The highest BCUT2D eigenvalue weighted by molar-refractivity contribution is 5.39. The fraction of sp³-hybridized carbons (Fsp3) is 0.533. The van der Waals surface area contributed by atoms with Gasteiger partial charge in [0.1, 0.15) is 0 Å². The van der Waals surface area contributed by atoms with Crippen molar-refractivity contribution in [1.29, 1.82) is 0 Å². The molecule has 2 nitrogen and oxygen atoms in total. The fourth-order valence-corrected chi connectivity index (χ4v) is 2.28. The van der Waals surface area contributed by atoms with Gasteiger partial charge in [0.2, 0.25) is 0 Å². The van der Waals surface area contributed by atoms with Crippen molar-refractivity contribution in [2.24, 2.45) is 5.73 Å². The average molecular weight is 230 g/mol. The molecule has 0 radical (unpaired) electrons. The number of nitrogens with zero attached hydrogens (tertiary/aromatic N) is 1. The van der Waals surface area contributed by atoms with Crippen LogP contribution in [0.4, 0.5) is 0 Å². The van der Waals surface area contributed by atoms with Crippen molar-refractivity contribution in [2.45, 2.75) is 52.0 Å². The first-order valence-corrected chi connectivity index (χ1v) is 6.60. The Morgan fingerprint density at radius 2 is 2.12 bits per heavy atom. The topological polar surface area (TPSA) is 38.9 Å². The summed E-state index contributed by atoms with van der Waals surface area (Å²) in [5.74, 6) is 0. The Morgan fingerprint density at radius 3 is 2.59 bits per heavy atom. The molecule has 0 spiro atoms. The Balaban J connectivity index is 2.73. The SMILES string of the molecule is C/C=c1/c(C2(N)CC2)cc(CC)n/c1=C/CC. The largest absolute Gasteiger partial charge is 0.321 e. The summed E-state index contributed by atoms with van der Waals surface area (Å²) >= 11 is 0. The third kappa shape index (κ3) is 2.27. The van der Waals surface area contributed by atoms with Crippen LogP contribution >= 0.6 is 0 Å². The van der Waals surface area contributed by atoms with Gasteiger partial charge in [0.15, 0.2) is 0 Å². The van der Waals surface area contributed by atoms with Gasteiger partial charge in [-0.2, -0.15) is 0 Å². The second-order valence-corrected chi connectivity index (χ2v) is 4.87. The standard InChI is InChI=1S/C15H22N2/c1-4-7-14-12(6-3)13(15(16)8-9-15)10-11(5-2)17-14/h6-7,10H,4-5,8-9,16H2,1-3H3/b12-6-,14-7+. The molecule has 1 fully saturated rings. The van der Waals surface area contributed by atoms with E-state index in [2.05, 4.69) is 39.0 Å². The Bertz CT molecular complexity index is 525. The molecule has 2 rings (SSSR count). The van der Waals surface area contributed by atoms with Gasteiger partial charge in [-0.05, 0) is 44.2 Å². The molecule has 1 aliphatic rings. The summed E-state index contributed by atoms with van der Waals surface area (Å²) in [6.07, 6.45) is 8.54. The summed E-state index contributed by atoms with van der Waals surface area (Å²) in [6, 6.07) is 2.20. The Morgan fingerprint density at radius 1 is 1.41 bits per heavy atom. The molecule has 1 saturated carbocycles. The van der Waals surface area contributed by atoms with Crippen molar-refractivity contribution in [3.63, 3.8) is 0 Å². The monoisotopic (exact) mass is 230 g/mol. The quantitative estimate of drug-likeness (QED) is 0.856. The predicted octanol–water partition coefficient (Wildman–Crippen LogP) is 1.58. The van der Waals surface area contributed by atoms with Gasteiger partial charge in [0, 0.05) is 16.5 Å². The van der Waals surface area contributed by atoms with Crippen LogP contribution < -0.4 is 16.3 Å². The fourth-order valence-electron chi connectivity index (χ4n) is 2.28. The van der Waals surface area contributed by atoms with Gasteiger partial charge in [0.05, 0.1) is 5.35 Å². The molecule has 1 aromatic heterocycles. The van der Waals surface area contributed by atoms with Crippen LogP contribution in [-0.2, 0) is 12.0 Å². The zero-order valence-corrected chi connectivity index (χ0v) is 11.1. The molecule has 0 amide bonds. The average Bonchev–Trinajstić information content (AvgIpc) is 3.08. The van der Waals surface area contributed by atoms with Crippen LogP contribution in [0.3, 0.4) is 0 Å². The zero-order chi connectivity index (χ0) is 12.5. The number of hydrogen-bond acceptors (Lipinski definition) is 2. The molecule has 0 aliphatic heterocycles. The third-order valence-electron chi connectivity index (χ3n) is 3.51. The van der Waals surface area contributed by atoms with E-state index >= 15 is 0 Å². The summed E-state index contributed by atoms with van der Waals surface area (Å²) in [7, 11) is 0. The van der Waals surface area contributed by atoms with E-state index in [1.807, 2.05) is 0 Å². The van der Waals surface area contributed by atoms with Gasteiger partial charge in [0.25, 0.3) is 0 Å². The molecule has 0 unspecified atom stereocenters. The van der Waals surface area contributed by atoms with Crippen LogP contribution in [0.25, 0.3) is 12.2 Å². The van der Waals surface area contributed by atoms with Gasteiger partial charge in [-0.1, -0.05) is 26.0 Å².